The number of benzene rings is 1. The van der Waals surface area contributed by atoms with Crippen molar-refractivity contribution in [2.75, 3.05) is 49.5 Å². The van der Waals surface area contributed by atoms with Gasteiger partial charge in [-0.25, -0.2) is 9.18 Å². The molecule has 26 heavy (non-hydrogen) atoms. The van der Waals surface area contributed by atoms with Crippen molar-refractivity contribution in [1.29, 1.82) is 0 Å². The van der Waals surface area contributed by atoms with Crippen LogP contribution in [0.3, 0.4) is 0 Å². The fourth-order valence-corrected chi connectivity index (χ4v) is 2.71. The summed E-state index contributed by atoms with van der Waals surface area (Å²) in [5.41, 5.74) is 0.398. The van der Waals surface area contributed by atoms with Crippen LogP contribution < -0.4 is 10.2 Å². The molecule has 1 heterocycles. The number of nitrogens with one attached hydrogen (secondary N) is 1. The van der Waals surface area contributed by atoms with Gasteiger partial charge in [-0.2, -0.15) is 0 Å². The lowest BCUT2D eigenvalue weighted by molar-refractivity contribution is 0.0240. The number of halogens is 1. The molecule has 0 bridgehead atoms. The molecule has 1 saturated heterocycles. The molecule has 1 unspecified atom stereocenters. The first-order valence-electron chi connectivity index (χ1n) is 8.75. The molecule has 7 nitrogen and oxygen atoms in total. The normalized spacial score (nSPS) is 16.4. The molecule has 146 valence electrons. The maximum Gasteiger partial charge on any atom is 0.410 e. The number of anilines is 2. The highest BCUT2D eigenvalue weighted by atomic mass is 19.1. The number of hydrogen-bond acceptors (Lipinski definition) is 6. The summed E-state index contributed by atoms with van der Waals surface area (Å²) in [6, 6.07) is 4.69. The number of para-hydroxylation sites is 1. The zero-order chi connectivity index (χ0) is 19.3. The summed E-state index contributed by atoms with van der Waals surface area (Å²) in [5.74, 6) is -0.376. The molecular weight excluding hydrogens is 341 g/mol. The van der Waals surface area contributed by atoms with E-state index < -0.39 is 11.7 Å². The van der Waals surface area contributed by atoms with Crippen LogP contribution in [0.25, 0.3) is 0 Å². The van der Waals surface area contributed by atoms with Crippen LogP contribution in [0.15, 0.2) is 18.2 Å². The molecule has 1 aliphatic rings. The standard InChI is InChI=1S/C18H28FN3O4/c1-18(2,3)26-17(25)22-9-7-21(8-10-22)16-14(19)5-4-6-15(16)20-11-13(24)12-23/h4-6,13,20,23-24H,7-12H2,1-3H3. The molecule has 1 amide bonds. The van der Waals surface area contributed by atoms with E-state index in [1.54, 1.807) is 17.0 Å². The largest absolute Gasteiger partial charge is 0.444 e. The maximum absolute atomic E-state index is 14.4. The average Bonchev–Trinajstić information content (AvgIpc) is 2.58. The molecule has 0 spiro atoms. The summed E-state index contributed by atoms with van der Waals surface area (Å²) >= 11 is 0. The molecule has 1 atom stereocenters. The second kappa shape index (κ2) is 8.55. The van der Waals surface area contributed by atoms with Crippen molar-refractivity contribution in [3.05, 3.63) is 24.0 Å². The van der Waals surface area contributed by atoms with E-state index in [0.717, 1.165) is 0 Å². The van der Waals surface area contributed by atoms with E-state index in [1.807, 2.05) is 25.7 Å². The Morgan fingerprint density at radius 3 is 2.54 bits per heavy atom. The SMILES string of the molecule is CC(C)(C)OC(=O)N1CCN(c2c(F)cccc2NCC(O)CO)CC1. The monoisotopic (exact) mass is 369 g/mol. The predicted molar refractivity (Wildman–Crippen MR) is 98.0 cm³/mol. The van der Waals surface area contributed by atoms with Gasteiger partial charge in [0.2, 0.25) is 0 Å². The van der Waals surface area contributed by atoms with E-state index in [0.29, 0.717) is 37.6 Å². The van der Waals surface area contributed by atoms with Crippen LogP contribution >= 0.6 is 0 Å². The Kier molecular flexibility index (Phi) is 6.66. The van der Waals surface area contributed by atoms with Gasteiger partial charge in [-0.05, 0) is 32.9 Å². The van der Waals surface area contributed by atoms with Crippen molar-refractivity contribution in [3.8, 4) is 0 Å². The number of rotatable bonds is 5. The van der Waals surface area contributed by atoms with Crippen LogP contribution in [0.2, 0.25) is 0 Å². The Morgan fingerprint density at radius 1 is 1.31 bits per heavy atom. The highest BCUT2D eigenvalue weighted by Crippen LogP contribution is 2.30. The number of piperazine rings is 1. The van der Waals surface area contributed by atoms with Gasteiger partial charge in [0.25, 0.3) is 0 Å². The van der Waals surface area contributed by atoms with Gasteiger partial charge in [0.15, 0.2) is 0 Å². The Hall–Kier alpha value is -2.06. The lowest BCUT2D eigenvalue weighted by atomic mass is 10.2. The molecule has 0 aliphatic carbocycles. The lowest BCUT2D eigenvalue weighted by Crippen LogP contribution is -2.50. The number of aliphatic hydroxyl groups excluding tert-OH is 2. The zero-order valence-electron chi connectivity index (χ0n) is 15.5. The summed E-state index contributed by atoms with van der Waals surface area (Å²) in [6.07, 6.45) is -1.29. The number of carbonyl (C=O) groups is 1. The lowest BCUT2D eigenvalue weighted by Gasteiger charge is -2.37. The molecule has 2 rings (SSSR count). The third-order valence-electron chi connectivity index (χ3n) is 3.97. The molecule has 3 N–H and O–H groups in total. The minimum atomic E-state index is -0.921. The van der Waals surface area contributed by atoms with Crippen LogP contribution in [0.1, 0.15) is 20.8 Å². The number of nitrogens with zero attached hydrogens (tertiary/aromatic N) is 2. The van der Waals surface area contributed by atoms with E-state index >= 15 is 0 Å². The van der Waals surface area contributed by atoms with Gasteiger partial charge >= 0.3 is 6.09 Å². The van der Waals surface area contributed by atoms with E-state index in [1.165, 1.54) is 6.07 Å². The number of aliphatic hydroxyl groups is 2. The first kappa shape index (κ1) is 20.3. The van der Waals surface area contributed by atoms with Crippen LogP contribution in [-0.2, 0) is 4.74 Å². The number of hydrogen-bond donors (Lipinski definition) is 3. The minimum Gasteiger partial charge on any atom is -0.444 e. The zero-order valence-corrected chi connectivity index (χ0v) is 15.5. The number of ether oxygens (including phenoxy) is 1. The molecule has 1 aliphatic heterocycles. The van der Waals surface area contributed by atoms with E-state index in [9.17, 15) is 14.3 Å². The Labute approximate surface area is 153 Å². The van der Waals surface area contributed by atoms with Crippen molar-refractivity contribution in [3.63, 3.8) is 0 Å². The topological polar surface area (TPSA) is 85.3 Å². The molecule has 0 saturated carbocycles. The van der Waals surface area contributed by atoms with Crippen molar-refractivity contribution >= 4 is 17.5 Å². The molecule has 1 aromatic carbocycles. The predicted octanol–water partition coefficient (Wildman–Crippen LogP) is 1.65. The summed E-state index contributed by atoms with van der Waals surface area (Å²) in [5, 5.41) is 21.4. The summed E-state index contributed by atoms with van der Waals surface area (Å²) in [4.78, 5) is 15.6. The van der Waals surface area contributed by atoms with Crippen molar-refractivity contribution in [1.82, 2.24) is 4.90 Å². The summed E-state index contributed by atoms with van der Waals surface area (Å²) in [7, 11) is 0. The van der Waals surface area contributed by atoms with Gasteiger partial charge < -0.3 is 30.1 Å². The quantitative estimate of drug-likeness (QED) is 0.732. The maximum atomic E-state index is 14.4. The third-order valence-corrected chi connectivity index (χ3v) is 3.97. The highest BCUT2D eigenvalue weighted by Gasteiger charge is 2.27. The van der Waals surface area contributed by atoms with Crippen LogP contribution in [0.5, 0.6) is 0 Å². The van der Waals surface area contributed by atoms with Gasteiger partial charge in [-0.1, -0.05) is 6.07 Å². The van der Waals surface area contributed by atoms with E-state index in [-0.39, 0.29) is 25.1 Å². The minimum absolute atomic E-state index is 0.116. The van der Waals surface area contributed by atoms with E-state index in [2.05, 4.69) is 5.32 Å². The van der Waals surface area contributed by atoms with Crippen molar-refractivity contribution in [2.24, 2.45) is 0 Å². The fraction of sp³-hybridized carbons (Fsp3) is 0.611. The first-order valence-corrected chi connectivity index (χ1v) is 8.75. The van der Waals surface area contributed by atoms with Crippen LogP contribution in [0, 0.1) is 5.82 Å². The smallest absolute Gasteiger partial charge is 0.410 e. The molecule has 1 aromatic rings. The summed E-state index contributed by atoms with van der Waals surface area (Å²) in [6.45, 7) is 7.01. The molecule has 8 heteroatoms. The average molecular weight is 369 g/mol. The van der Waals surface area contributed by atoms with Gasteiger partial charge in [0.05, 0.1) is 24.1 Å². The molecule has 0 radical (unpaired) electrons. The van der Waals surface area contributed by atoms with Crippen LogP contribution in [0.4, 0.5) is 20.6 Å². The second-order valence-electron chi connectivity index (χ2n) is 7.31. The summed E-state index contributed by atoms with van der Waals surface area (Å²) < 4.78 is 19.8. The van der Waals surface area contributed by atoms with Gasteiger partial charge in [-0.15, -0.1) is 0 Å². The fourth-order valence-electron chi connectivity index (χ4n) is 2.71. The Bertz CT molecular complexity index is 613. The first-order chi connectivity index (χ1) is 12.2. The third kappa shape index (κ3) is 5.47. The van der Waals surface area contributed by atoms with Gasteiger partial charge in [-0.3, -0.25) is 0 Å². The van der Waals surface area contributed by atoms with Crippen molar-refractivity contribution < 1.29 is 24.1 Å². The van der Waals surface area contributed by atoms with Gasteiger partial charge in [0.1, 0.15) is 11.4 Å². The van der Waals surface area contributed by atoms with E-state index in [4.69, 9.17) is 9.84 Å². The molecule has 1 fully saturated rings. The van der Waals surface area contributed by atoms with Gasteiger partial charge in [0, 0.05) is 32.7 Å². The molecule has 0 aromatic heterocycles. The number of carbonyl (C=O) groups excluding carboxylic acids is 1. The van der Waals surface area contributed by atoms with Crippen molar-refractivity contribution in [2.45, 2.75) is 32.5 Å². The highest BCUT2D eigenvalue weighted by molar-refractivity contribution is 5.72. The molecular formula is C18H28FN3O4. The van der Waals surface area contributed by atoms with Crippen LogP contribution in [-0.4, -0.2) is 72.2 Å². The Morgan fingerprint density at radius 2 is 1.96 bits per heavy atom. The Balaban J connectivity index is 2.03. The second-order valence-corrected chi connectivity index (χ2v) is 7.31. The number of amides is 1.